The Labute approximate surface area is 79.1 Å². The Balaban J connectivity index is 2.69. The van der Waals surface area contributed by atoms with Crippen LogP contribution < -0.4 is 14.0 Å². The van der Waals surface area contributed by atoms with Gasteiger partial charge in [0.2, 0.25) is 0 Å². The standard InChI is InChI=1S/C5H7ClO4S2/c1-4-5(2)12(3-11-4)10-6(7,8)9/h3H,1-2H3. The van der Waals surface area contributed by atoms with E-state index in [-0.39, 0.29) is 0 Å². The lowest BCUT2D eigenvalue weighted by molar-refractivity contribution is -1.91. The summed E-state index contributed by atoms with van der Waals surface area (Å²) in [5, 5.41) is 0. The fraction of sp³-hybridized carbons (Fsp3) is 0.400. The first-order valence-electron chi connectivity index (χ1n) is 2.91. The topological polar surface area (TPSA) is 78.4 Å². The van der Waals surface area contributed by atoms with Crippen LogP contribution in [0.25, 0.3) is 0 Å². The SMILES string of the molecule is CC1=C(C)S(O[Cl+3]([O-])([O-])[O-])=CS1. The Kier molecular flexibility index (Phi) is 3.21. The average molecular weight is 231 g/mol. The second-order valence-corrected chi connectivity index (χ2v) is 6.15. The number of hydrogen-bond donors (Lipinski definition) is 0. The van der Waals surface area contributed by atoms with Gasteiger partial charge in [-0.1, -0.05) is 11.8 Å². The van der Waals surface area contributed by atoms with Gasteiger partial charge in [0.15, 0.2) is 0 Å². The van der Waals surface area contributed by atoms with Crippen LogP contribution in [0, 0.1) is 10.2 Å². The molecular formula is C5H7ClO4S2. The Hall–Kier alpha value is 0.440. The normalized spacial score (nSPS) is 24.6. The second-order valence-electron chi connectivity index (χ2n) is 2.06. The molecule has 1 aliphatic heterocycles. The minimum Gasteiger partial charge on any atom is -0.182 e. The number of allylic oxidation sites excluding steroid dienone is 2. The van der Waals surface area contributed by atoms with E-state index in [1.54, 1.807) is 11.6 Å². The maximum Gasteiger partial charge on any atom is 0.142 e. The van der Waals surface area contributed by atoms with Gasteiger partial charge in [-0.3, -0.25) is 0 Å². The number of rotatable bonds is 2. The van der Waals surface area contributed by atoms with Crippen LogP contribution >= 0.6 is 22.5 Å². The van der Waals surface area contributed by atoms with Gasteiger partial charge in [0, 0.05) is 9.60 Å². The highest BCUT2D eigenvalue weighted by molar-refractivity contribution is 8.35. The summed E-state index contributed by atoms with van der Waals surface area (Å²) in [5.41, 5.74) is 0. The zero-order valence-corrected chi connectivity index (χ0v) is 8.79. The summed E-state index contributed by atoms with van der Waals surface area (Å²) in [6, 6.07) is 0. The molecule has 0 amide bonds. The fourth-order valence-corrected chi connectivity index (χ4v) is 4.33. The van der Waals surface area contributed by atoms with Crippen LogP contribution in [-0.2, 0) is 3.74 Å². The summed E-state index contributed by atoms with van der Waals surface area (Å²) >= 11 is 1.39. The van der Waals surface area contributed by atoms with Crippen molar-refractivity contribution in [2.45, 2.75) is 13.8 Å². The van der Waals surface area contributed by atoms with E-state index in [9.17, 15) is 14.0 Å². The van der Waals surface area contributed by atoms with Crippen molar-refractivity contribution in [3.8, 4) is 0 Å². The van der Waals surface area contributed by atoms with E-state index < -0.39 is 21.0 Å². The summed E-state index contributed by atoms with van der Waals surface area (Å²) in [6.07, 6.45) is 0. The maximum atomic E-state index is 10.2. The summed E-state index contributed by atoms with van der Waals surface area (Å²) in [5.74, 6) is 0. The predicted octanol–water partition coefficient (Wildman–Crippen LogP) is -1.16. The Bertz CT molecular complexity index is 255. The summed E-state index contributed by atoms with van der Waals surface area (Å²) in [7, 11) is -5.28. The molecule has 0 aromatic carbocycles. The van der Waals surface area contributed by atoms with Crippen LogP contribution in [-0.4, -0.2) is 4.70 Å². The molecule has 0 spiro atoms. The smallest absolute Gasteiger partial charge is 0.142 e. The zero-order valence-electron chi connectivity index (χ0n) is 6.40. The third-order valence-electron chi connectivity index (χ3n) is 1.25. The van der Waals surface area contributed by atoms with E-state index in [0.717, 1.165) is 9.81 Å². The Morgan fingerprint density at radius 2 is 2.00 bits per heavy atom. The predicted molar refractivity (Wildman–Crippen MR) is 40.7 cm³/mol. The molecule has 0 aromatic rings. The van der Waals surface area contributed by atoms with Gasteiger partial charge >= 0.3 is 0 Å². The van der Waals surface area contributed by atoms with Crippen molar-refractivity contribution < 1.29 is 28.0 Å². The van der Waals surface area contributed by atoms with Gasteiger partial charge in [-0.05, 0) is 18.8 Å². The van der Waals surface area contributed by atoms with Gasteiger partial charge < -0.3 is 0 Å². The van der Waals surface area contributed by atoms with Crippen LogP contribution in [0.4, 0.5) is 0 Å². The number of hydrogen-bond acceptors (Lipinski definition) is 5. The molecule has 1 heterocycles. The van der Waals surface area contributed by atoms with Crippen molar-refractivity contribution in [2.24, 2.45) is 0 Å². The van der Waals surface area contributed by atoms with E-state index in [1.807, 2.05) is 6.92 Å². The first-order chi connectivity index (χ1) is 5.40. The first kappa shape index (κ1) is 10.5. The van der Waals surface area contributed by atoms with Gasteiger partial charge in [-0.2, -0.15) is 14.0 Å². The van der Waals surface area contributed by atoms with Crippen LogP contribution in [0.2, 0.25) is 0 Å². The zero-order chi connectivity index (χ0) is 9.35. The van der Waals surface area contributed by atoms with E-state index in [1.165, 1.54) is 11.8 Å². The van der Waals surface area contributed by atoms with Gasteiger partial charge in [0.1, 0.15) is 14.5 Å². The molecule has 0 saturated carbocycles. The molecule has 12 heavy (non-hydrogen) atoms. The second kappa shape index (κ2) is 3.67. The van der Waals surface area contributed by atoms with Crippen molar-refractivity contribution >= 4 is 27.2 Å². The average Bonchev–Trinajstić information content (AvgIpc) is 2.16. The molecule has 70 valence electrons. The maximum absolute atomic E-state index is 10.2. The Morgan fingerprint density at radius 1 is 1.42 bits per heavy atom. The van der Waals surface area contributed by atoms with Crippen molar-refractivity contribution in [1.82, 2.24) is 0 Å². The van der Waals surface area contributed by atoms with Crippen LogP contribution in [0.3, 0.4) is 0 Å². The van der Waals surface area contributed by atoms with Gasteiger partial charge in [0.25, 0.3) is 0 Å². The highest BCUT2D eigenvalue weighted by Gasteiger charge is 2.26. The minimum absolute atomic E-state index is 0.798. The third kappa shape index (κ3) is 2.74. The molecule has 0 fully saturated rings. The van der Waals surface area contributed by atoms with Crippen molar-refractivity contribution in [3.05, 3.63) is 9.81 Å². The van der Waals surface area contributed by atoms with Crippen molar-refractivity contribution in [1.29, 1.82) is 0 Å². The summed E-state index contributed by atoms with van der Waals surface area (Å²) in [4.78, 5) is 1.78. The molecule has 0 radical (unpaired) electrons. The van der Waals surface area contributed by atoms with Gasteiger partial charge in [-0.15, -0.1) is 0 Å². The third-order valence-corrected chi connectivity index (χ3v) is 5.20. The first-order valence-corrected chi connectivity index (χ1v) is 6.24. The van der Waals surface area contributed by atoms with Crippen LogP contribution in [0.5, 0.6) is 0 Å². The molecule has 0 saturated heterocycles. The molecular weight excluding hydrogens is 224 g/mol. The van der Waals surface area contributed by atoms with E-state index in [4.69, 9.17) is 0 Å². The molecule has 1 aliphatic rings. The highest BCUT2D eigenvalue weighted by atomic mass is 35.7. The van der Waals surface area contributed by atoms with Crippen LogP contribution in [0.1, 0.15) is 13.8 Å². The summed E-state index contributed by atoms with van der Waals surface area (Å²) < 4.78 is 36.4. The van der Waals surface area contributed by atoms with Crippen molar-refractivity contribution in [3.63, 3.8) is 0 Å². The molecule has 7 heteroatoms. The Morgan fingerprint density at radius 3 is 2.33 bits per heavy atom. The lowest BCUT2D eigenvalue weighted by atomic mass is 10.6. The minimum atomic E-state index is -4.32. The number of halogens is 1. The van der Waals surface area contributed by atoms with Gasteiger partial charge in [0.05, 0.1) is 10.2 Å². The molecule has 0 N–H and O–H groups in total. The van der Waals surface area contributed by atoms with E-state index in [0.29, 0.717) is 0 Å². The van der Waals surface area contributed by atoms with Gasteiger partial charge in [-0.25, -0.2) is 0 Å². The summed E-state index contributed by atoms with van der Waals surface area (Å²) in [6.45, 7) is 3.59. The number of thioether (sulfide) groups is 1. The van der Waals surface area contributed by atoms with Crippen molar-refractivity contribution in [2.75, 3.05) is 0 Å². The molecule has 0 bridgehead atoms. The highest BCUT2D eigenvalue weighted by Crippen LogP contribution is 2.41. The fourth-order valence-electron chi connectivity index (χ4n) is 0.558. The lowest BCUT2D eigenvalue weighted by Gasteiger charge is -2.12. The molecule has 1 unspecified atom stereocenters. The largest absolute Gasteiger partial charge is 0.182 e. The molecule has 1 rings (SSSR count). The molecule has 1 atom stereocenters. The lowest BCUT2D eigenvalue weighted by Crippen LogP contribution is -2.60. The van der Waals surface area contributed by atoms with Crippen LogP contribution in [0.15, 0.2) is 9.81 Å². The van der Waals surface area contributed by atoms with E-state index >= 15 is 0 Å². The van der Waals surface area contributed by atoms with E-state index in [2.05, 4.69) is 3.74 Å². The molecule has 4 nitrogen and oxygen atoms in total. The quantitative estimate of drug-likeness (QED) is 0.560. The molecule has 0 aliphatic carbocycles. The monoisotopic (exact) mass is 230 g/mol. The molecule has 0 aromatic heterocycles.